The van der Waals surface area contributed by atoms with Gasteiger partial charge in [0.05, 0.1) is 0 Å². The normalized spacial score (nSPS) is 10.4. The van der Waals surface area contributed by atoms with Crippen LogP contribution in [0.1, 0.15) is 48.9 Å². The van der Waals surface area contributed by atoms with Gasteiger partial charge in [-0.2, -0.15) is 0 Å². The lowest BCUT2D eigenvalue weighted by molar-refractivity contribution is 0.886. The molecule has 0 nitrogen and oxygen atoms in total. The van der Waals surface area contributed by atoms with E-state index in [0.717, 1.165) is 12.8 Å². The minimum Gasteiger partial charge on any atom is -0.220 e. The maximum atomic E-state index is 3.74. The SMILES string of the molecule is C=S(=C)(C)C.CCCC.Cc1cccc(-c2ccccc2CCc2ccccc2C)c1. The summed E-state index contributed by atoms with van der Waals surface area (Å²) in [4.78, 5) is 0. The number of unbranched alkanes of at least 4 members (excludes halogenated alkanes) is 1. The van der Waals surface area contributed by atoms with E-state index in [2.05, 4.69) is 112 Å². The molecule has 0 unspecified atom stereocenters. The Morgan fingerprint density at radius 1 is 0.677 bits per heavy atom. The maximum Gasteiger partial charge on any atom is -0.0152 e. The molecule has 168 valence electrons. The van der Waals surface area contributed by atoms with Gasteiger partial charge in [0.15, 0.2) is 0 Å². The fourth-order valence-electron chi connectivity index (χ4n) is 2.99. The van der Waals surface area contributed by atoms with Crippen LogP contribution in [0.25, 0.3) is 11.1 Å². The van der Waals surface area contributed by atoms with Crippen LogP contribution in [0.4, 0.5) is 0 Å². The molecule has 0 heterocycles. The molecule has 3 aromatic carbocycles. The number of aryl methyl sites for hydroxylation is 4. The van der Waals surface area contributed by atoms with Crippen molar-refractivity contribution in [3.8, 4) is 11.1 Å². The van der Waals surface area contributed by atoms with Crippen LogP contribution in [-0.2, 0) is 12.8 Å². The Kier molecular flexibility index (Phi) is 12.0. The van der Waals surface area contributed by atoms with Crippen molar-refractivity contribution in [1.82, 2.24) is 0 Å². The Morgan fingerprint density at radius 3 is 1.74 bits per heavy atom. The van der Waals surface area contributed by atoms with E-state index >= 15 is 0 Å². The molecule has 0 saturated heterocycles. The molecule has 0 spiro atoms. The highest BCUT2D eigenvalue weighted by Crippen LogP contribution is 2.26. The van der Waals surface area contributed by atoms with Crippen molar-refractivity contribution in [2.75, 3.05) is 12.5 Å². The third-order valence-corrected chi connectivity index (χ3v) is 4.77. The minimum absolute atomic E-state index is 0.667. The van der Waals surface area contributed by atoms with Gasteiger partial charge in [-0.05, 0) is 67.0 Å². The van der Waals surface area contributed by atoms with Gasteiger partial charge in [-0.1, -0.05) is 117 Å². The van der Waals surface area contributed by atoms with Gasteiger partial charge < -0.3 is 0 Å². The van der Waals surface area contributed by atoms with Crippen molar-refractivity contribution < 1.29 is 0 Å². The molecule has 0 aliphatic heterocycles. The summed E-state index contributed by atoms with van der Waals surface area (Å²) in [5.41, 5.74) is 8.25. The largest absolute Gasteiger partial charge is 0.220 e. The van der Waals surface area contributed by atoms with E-state index in [0.29, 0.717) is 0 Å². The molecule has 3 rings (SSSR count). The Bertz CT molecular complexity index is 1000. The zero-order valence-corrected chi connectivity index (χ0v) is 21.4. The molecule has 0 aromatic heterocycles. The Morgan fingerprint density at radius 2 is 1.19 bits per heavy atom. The zero-order valence-electron chi connectivity index (χ0n) is 20.6. The third kappa shape index (κ3) is 11.6. The molecule has 3 aromatic rings. The van der Waals surface area contributed by atoms with Gasteiger partial charge in [0.1, 0.15) is 0 Å². The van der Waals surface area contributed by atoms with Crippen molar-refractivity contribution in [3.63, 3.8) is 0 Å². The molecule has 0 saturated carbocycles. The zero-order chi connectivity index (χ0) is 23.3. The number of rotatable bonds is 5. The molecule has 0 aliphatic rings. The first-order chi connectivity index (χ1) is 14.7. The summed E-state index contributed by atoms with van der Waals surface area (Å²) in [5.74, 6) is 7.49. The van der Waals surface area contributed by atoms with E-state index in [1.54, 1.807) is 0 Å². The molecule has 0 bridgehead atoms. The Balaban J connectivity index is 0.000000454. The van der Waals surface area contributed by atoms with E-state index in [-0.39, 0.29) is 0 Å². The molecule has 0 fully saturated rings. The molecule has 0 aliphatic carbocycles. The smallest absolute Gasteiger partial charge is 0.0152 e. The molecule has 1 heteroatoms. The summed E-state index contributed by atoms with van der Waals surface area (Å²) in [5, 5.41) is 0. The average molecular weight is 435 g/mol. The summed E-state index contributed by atoms with van der Waals surface area (Å²) in [6, 6.07) is 26.2. The predicted octanol–water partition coefficient (Wildman–Crippen LogP) is 8.48. The number of benzene rings is 3. The fraction of sp³-hybridized carbons (Fsp3) is 0.333. The van der Waals surface area contributed by atoms with Crippen molar-refractivity contribution in [1.29, 1.82) is 0 Å². The van der Waals surface area contributed by atoms with Crippen LogP contribution in [0.3, 0.4) is 0 Å². The van der Waals surface area contributed by atoms with Crippen LogP contribution in [0, 0.1) is 13.8 Å². The van der Waals surface area contributed by atoms with Gasteiger partial charge in [0.2, 0.25) is 0 Å². The lowest BCUT2D eigenvalue weighted by Crippen LogP contribution is -1.96. The molecule has 0 N–H and O–H groups in total. The molecular weight excluding hydrogens is 392 g/mol. The lowest BCUT2D eigenvalue weighted by atomic mass is 9.93. The van der Waals surface area contributed by atoms with E-state index in [1.807, 2.05) is 12.5 Å². The molecule has 0 radical (unpaired) electrons. The summed E-state index contributed by atoms with van der Waals surface area (Å²) < 4.78 is 0. The monoisotopic (exact) mass is 434 g/mol. The second-order valence-corrected chi connectivity index (χ2v) is 12.3. The summed E-state index contributed by atoms with van der Waals surface area (Å²) in [6.07, 6.45) is 8.91. The minimum atomic E-state index is -0.667. The first-order valence-corrected chi connectivity index (χ1v) is 14.0. The van der Waals surface area contributed by atoms with Crippen LogP contribution in [0.5, 0.6) is 0 Å². The van der Waals surface area contributed by atoms with Gasteiger partial charge >= 0.3 is 0 Å². The van der Waals surface area contributed by atoms with E-state index in [9.17, 15) is 0 Å². The van der Waals surface area contributed by atoms with Crippen LogP contribution in [0.15, 0.2) is 72.8 Å². The van der Waals surface area contributed by atoms with E-state index < -0.39 is 9.21 Å². The maximum absolute atomic E-state index is 3.74. The van der Waals surface area contributed by atoms with Gasteiger partial charge in [0.25, 0.3) is 0 Å². The molecule has 0 atom stereocenters. The van der Waals surface area contributed by atoms with Crippen LogP contribution in [0.2, 0.25) is 0 Å². The highest BCUT2D eigenvalue weighted by Gasteiger charge is 2.06. The first-order valence-electron chi connectivity index (χ1n) is 11.2. The third-order valence-electron chi connectivity index (χ3n) is 4.77. The summed E-state index contributed by atoms with van der Waals surface area (Å²) in [6.45, 7) is 8.71. The fourth-order valence-corrected chi connectivity index (χ4v) is 2.99. The molecule has 0 amide bonds. The van der Waals surface area contributed by atoms with Crippen LogP contribution >= 0.6 is 9.21 Å². The average Bonchev–Trinajstić information content (AvgIpc) is 2.72. The second-order valence-electron chi connectivity index (χ2n) is 8.72. The molecule has 31 heavy (non-hydrogen) atoms. The molecular formula is C30H42S. The standard InChI is InChI=1S/C22H22.C4H10S.C4H10/c1-17-8-7-12-21(16-17)22-13-6-5-11-20(22)15-14-19-10-4-3-9-18(19)2;1-5(2,3)4;1-3-4-2/h3-13,16H,14-15H2,1-2H3;1-2H2,3-4H3;3-4H2,1-2H3. The summed E-state index contributed by atoms with van der Waals surface area (Å²) in [7, 11) is -0.667. The van der Waals surface area contributed by atoms with Gasteiger partial charge in [-0.25, -0.2) is 9.21 Å². The first kappa shape index (κ1) is 26.8. The Hall–Kier alpha value is -2.25. The quantitative estimate of drug-likeness (QED) is 0.353. The predicted molar refractivity (Wildman–Crippen MR) is 149 cm³/mol. The lowest BCUT2D eigenvalue weighted by Gasteiger charge is -2.11. The van der Waals surface area contributed by atoms with Gasteiger partial charge in [-0.15, -0.1) is 0 Å². The van der Waals surface area contributed by atoms with Crippen molar-refractivity contribution in [2.45, 2.75) is 53.4 Å². The van der Waals surface area contributed by atoms with Crippen molar-refractivity contribution >= 4 is 20.9 Å². The van der Waals surface area contributed by atoms with Gasteiger partial charge in [-0.3, -0.25) is 0 Å². The summed E-state index contributed by atoms with van der Waals surface area (Å²) >= 11 is 0. The van der Waals surface area contributed by atoms with Crippen molar-refractivity contribution in [2.24, 2.45) is 0 Å². The highest BCUT2D eigenvalue weighted by molar-refractivity contribution is 8.26. The topological polar surface area (TPSA) is 0 Å². The number of hydrogen-bond donors (Lipinski definition) is 0. The second kappa shape index (κ2) is 13.9. The Labute approximate surface area is 192 Å². The van der Waals surface area contributed by atoms with E-state index in [4.69, 9.17) is 0 Å². The van der Waals surface area contributed by atoms with Crippen LogP contribution < -0.4 is 0 Å². The van der Waals surface area contributed by atoms with Crippen molar-refractivity contribution in [3.05, 3.63) is 95.1 Å². The van der Waals surface area contributed by atoms with Crippen LogP contribution in [-0.4, -0.2) is 24.3 Å². The van der Waals surface area contributed by atoms with E-state index in [1.165, 1.54) is 46.2 Å². The van der Waals surface area contributed by atoms with Gasteiger partial charge in [0, 0.05) is 0 Å². The number of hydrogen-bond acceptors (Lipinski definition) is 0. The highest BCUT2D eigenvalue weighted by atomic mass is 32.2.